The molecule has 0 saturated carbocycles. The van der Waals surface area contributed by atoms with Crippen molar-refractivity contribution in [3.05, 3.63) is 0 Å². The van der Waals surface area contributed by atoms with Crippen LogP contribution >= 0.6 is 11.6 Å². The molecule has 6 aliphatic rings. The van der Waals surface area contributed by atoms with Gasteiger partial charge in [0.25, 0.3) is 0 Å². The highest BCUT2D eigenvalue weighted by molar-refractivity contribution is 7.03. The molecule has 0 aromatic carbocycles. The molecular formula is C24H72Cl8N8O12Si8. The Hall–Kier alpha value is 3.26. The van der Waals surface area contributed by atoms with Crippen molar-refractivity contribution in [1.29, 1.82) is 0 Å². The minimum atomic E-state index is -3.92. The number of alkyl halides is 1. The van der Waals surface area contributed by atoms with Crippen LogP contribution in [0.5, 0.6) is 0 Å². The molecule has 60 heavy (non-hydrogen) atoms. The van der Waals surface area contributed by atoms with Gasteiger partial charge in [-0.1, -0.05) is 0 Å². The summed E-state index contributed by atoms with van der Waals surface area (Å²) < 4.78 is 90.8. The first kappa shape index (κ1) is 69.8. The third-order valence-corrected chi connectivity index (χ3v) is 47.3. The zero-order valence-corrected chi connectivity index (χ0v) is 48.6. The van der Waals surface area contributed by atoms with Gasteiger partial charge in [0.15, 0.2) is 0 Å². The van der Waals surface area contributed by atoms with E-state index < -0.39 is 70.4 Å². The highest BCUT2D eigenvalue weighted by atomic mass is 35.5. The second-order valence-electron chi connectivity index (χ2n) is 14.2. The highest BCUT2D eigenvalue weighted by Gasteiger charge is 2.82. The quantitative estimate of drug-likeness (QED) is 0.0329. The van der Waals surface area contributed by atoms with Crippen molar-refractivity contribution in [3.8, 4) is 0 Å². The fourth-order valence-electron chi connectivity index (χ4n) is 7.24. The van der Waals surface area contributed by atoms with Crippen molar-refractivity contribution in [2.75, 3.05) is 51.7 Å². The Morgan fingerprint density at radius 2 is 0.367 bits per heavy atom. The van der Waals surface area contributed by atoms with E-state index in [0.29, 0.717) is 151 Å². The van der Waals surface area contributed by atoms with Crippen LogP contribution in [0.25, 0.3) is 0 Å². The van der Waals surface area contributed by atoms with E-state index in [2.05, 4.69) is 40.1 Å². The van der Waals surface area contributed by atoms with Gasteiger partial charge in [-0.25, -0.2) is 0 Å². The summed E-state index contributed by atoms with van der Waals surface area (Å²) in [4.78, 5) is 0. The number of hydrogen-bond acceptors (Lipinski definition) is 13. The van der Waals surface area contributed by atoms with Crippen molar-refractivity contribution < 1.29 is 176 Å². The molecule has 6 rings (SSSR count). The summed E-state index contributed by atoms with van der Waals surface area (Å²) in [6.45, 7) is 4.46. The monoisotopic (exact) mass is 1170 g/mol. The molecule has 8 bridgehead atoms. The minimum Gasteiger partial charge on any atom is -1.00 e. The predicted molar refractivity (Wildman–Crippen MR) is 204 cm³/mol. The molecule has 0 amide bonds. The third-order valence-electron chi connectivity index (χ3n) is 9.48. The maximum atomic E-state index is 7.57. The summed E-state index contributed by atoms with van der Waals surface area (Å²) in [6.07, 6.45) is 5.20. The van der Waals surface area contributed by atoms with Crippen LogP contribution in [0.4, 0.5) is 0 Å². The van der Waals surface area contributed by atoms with Gasteiger partial charge in [0.2, 0.25) is 0 Å². The topological polar surface area (TPSA) is 339 Å². The lowest BCUT2D eigenvalue weighted by Crippen LogP contribution is -3.00. The molecule has 6 fully saturated rings. The molecule has 24 N–H and O–H groups in total. The maximum absolute atomic E-state index is 7.57. The van der Waals surface area contributed by atoms with E-state index in [9.17, 15) is 0 Å². The van der Waals surface area contributed by atoms with Gasteiger partial charge in [-0.15, -0.1) is 11.6 Å². The molecule has 20 nitrogen and oxygen atoms in total. The van der Waals surface area contributed by atoms with E-state index in [1.54, 1.807) is 0 Å². The van der Waals surface area contributed by atoms with Gasteiger partial charge in [0.05, 0.1) is 45.8 Å². The second-order valence-corrected chi connectivity index (χ2v) is 39.3. The van der Waals surface area contributed by atoms with Crippen molar-refractivity contribution in [3.63, 3.8) is 0 Å². The van der Waals surface area contributed by atoms with Crippen molar-refractivity contribution >= 4 is 82.0 Å². The van der Waals surface area contributed by atoms with Crippen LogP contribution in [-0.4, -0.2) is 122 Å². The molecule has 36 heteroatoms. The van der Waals surface area contributed by atoms with Gasteiger partial charge in [0, 0.05) is 99.2 Å². The molecule has 6 aliphatic heterocycles. The predicted octanol–water partition coefficient (Wildman–Crippen LogP) is -26.0. The third kappa shape index (κ3) is 16.7. The Morgan fingerprint density at radius 1 is 0.250 bits per heavy atom. The highest BCUT2D eigenvalue weighted by Crippen LogP contribution is 2.54. The average molecular weight is 1170 g/mol. The Bertz CT molecular complexity index is 868. The van der Waals surface area contributed by atoms with Gasteiger partial charge in [0.1, 0.15) is 0 Å². The van der Waals surface area contributed by atoms with Crippen LogP contribution in [0.15, 0.2) is 0 Å². The van der Waals surface area contributed by atoms with Gasteiger partial charge >= 0.3 is 70.4 Å². The van der Waals surface area contributed by atoms with Crippen LogP contribution in [0.1, 0.15) is 51.4 Å². The second kappa shape index (κ2) is 30.7. The zero-order chi connectivity index (χ0) is 37.5. The molecule has 6 saturated heterocycles. The summed E-state index contributed by atoms with van der Waals surface area (Å²) in [5.41, 5.74) is 29.2. The van der Waals surface area contributed by atoms with Gasteiger partial charge < -0.3 is 183 Å². The average Bonchev–Trinajstić information content (AvgIpc) is 3.08. The molecule has 0 radical (unpaired) electrons. The van der Waals surface area contributed by atoms with Crippen LogP contribution < -0.4 is 133 Å². The molecule has 0 spiro atoms. The number of rotatable bonds is 24. The fourth-order valence-corrected chi connectivity index (χ4v) is 58.5. The Labute approximate surface area is 412 Å². The summed E-state index contributed by atoms with van der Waals surface area (Å²) in [7, 11) is -31.2. The van der Waals surface area contributed by atoms with E-state index >= 15 is 0 Å². The molecule has 0 aromatic rings. The zero-order valence-electron chi connectivity index (χ0n) is 34.6. The molecule has 0 aliphatic carbocycles. The molecule has 368 valence electrons. The van der Waals surface area contributed by atoms with E-state index in [1.807, 2.05) is 0 Å². The SMILES string of the molecule is N.[Cl-].[Cl-].[Cl-].[Cl-].[Cl-].[Cl-].[Cl-].[NH3+]CCC[Si]12O[Si]3(CCC[NH3+])O[Si]4(CCC[NH3+])O[Si](CCC[NH3+])(O1)O[Si]1(CCC[NH3+])O[Si](CCC[NH3+])(O2)O[Si](CCC[NH3+])(O3)O[Si](CCCCl)(O4)O1. The normalized spacial score (nSPS) is 35.6. The summed E-state index contributed by atoms with van der Waals surface area (Å²) in [5, 5.41) is 0. The molecule has 0 atom stereocenters. The Morgan fingerprint density at radius 3 is 0.467 bits per heavy atom. The molecule has 6 heterocycles. The molecular weight excluding hydrogens is 1100 g/mol. The fraction of sp³-hybridized carbons (Fsp3) is 1.00. The maximum Gasteiger partial charge on any atom is 0.479 e. The van der Waals surface area contributed by atoms with Crippen molar-refractivity contribution in [2.24, 2.45) is 0 Å². The lowest BCUT2D eigenvalue weighted by atomic mass is 10.5. The van der Waals surface area contributed by atoms with Gasteiger partial charge in [-0.2, -0.15) is 0 Å². The largest absolute Gasteiger partial charge is 1.00 e. The molecule has 0 aromatic heterocycles. The standard InChI is InChI=1S/C24H62ClN7O12Si8.7ClH.H3N/c25-9-1-17-45-33-46(18-2-10-26)36-49(21-5-13-29)38-47(34-45,19-3-11-27)40-51(23-7-15-31)41-48(35-45,20-4-12-28)39-50(37-46,22-6-14-30)43-52(42-49,44-51)24-8-16-32;;;;;;;;/h1-24,26-32H2;7*1H;1H3. The lowest BCUT2D eigenvalue weighted by molar-refractivity contribution is -0.368. The smallest absolute Gasteiger partial charge is 0.479 e. The number of hydrogen-bond donors (Lipinski definition) is 8. The van der Waals surface area contributed by atoms with Crippen molar-refractivity contribution in [2.45, 2.75) is 99.7 Å². The molecule has 0 unspecified atom stereocenters. The lowest BCUT2D eigenvalue weighted by Gasteiger charge is -2.63. The first-order chi connectivity index (χ1) is 25.0. The van der Waals surface area contributed by atoms with E-state index in [-0.39, 0.29) is 93.0 Å². The van der Waals surface area contributed by atoms with E-state index in [4.69, 9.17) is 61.0 Å². The minimum absolute atomic E-state index is 0. The first-order valence-corrected chi connectivity index (χ1v) is 35.5. The summed E-state index contributed by atoms with van der Waals surface area (Å²) in [5.74, 6) is 0.368. The first-order valence-electron chi connectivity index (χ1n) is 19.5. The Kier molecular flexibility index (Phi) is 35.7. The van der Waals surface area contributed by atoms with Crippen LogP contribution in [0.3, 0.4) is 0 Å². The Balaban J connectivity index is -0.00000196. The number of quaternary nitrogens is 7. The number of halogens is 8. The van der Waals surface area contributed by atoms with Crippen LogP contribution in [0.2, 0.25) is 48.4 Å². The van der Waals surface area contributed by atoms with E-state index in [0.717, 1.165) is 0 Å². The van der Waals surface area contributed by atoms with Gasteiger partial charge in [-0.3, -0.25) is 0 Å². The van der Waals surface area contributed by atoms with Crippen molar-refractivity contribution in [1.82, 2.24) is 6.15 Å². The van der Waals surface area contributed by atoms with Crippen LogP contribution in [0, 0.1) is 0 Å². The van der Waals surface area contributed by atoms with E-state index in [1.165, 1.54) is 0 Å². The summed E-state index contributed by atoms with van der Waals surface area (Å²) >= 11 is 6.44. The van der Waals surface area contributed by atoms with Gasteiger partial charge in [-0.05, 0) is 6.42 Å². The summed E-state index contributed by atoms with van der Waals surface area (Å²) in [6, 6.07) is 3.39. The van der Waals surface area contributed by atoms with Crippen LogP contribution in [-0.2, 0) is 49.4 Å².